The minimum Gasteiger partial charge on any atom is -0.475 e. The number of carboxylic acid groups (broad SMARTS) is 1. The van der Waals surface area contributed by atoms with Crippen LogP contribution in [0.2, 0.25) is 0 Å². The van der Waals surface area contributed by atoms with Gasteiger partial charge in [0.15, 0.2) is 0 Å². The highest BCUT2D eigenvalue weighted by atomic mass is 16.4. The Labute approximate surface area is 106 Å². The van der Waals surface area contributed by atoms with Crippen LogP contribution in [0.1, 0.15) is 42.7 Å². The summed E-state index contributed by atoms with van der Waals surface area (Å²) in [5.41, 5.74) is 1.38. The minimum absolute atomic E-state index is 0.0120. The summed E-state index contributed by atoms with van der Waals surface area (Å²) >= 11 is 0. The fraction of sp³-hybridized carbons (Fsp3) is 0.615. The maximum absolute atomic E-state index is 11.1. The number of carbonyl (C=O) groups is 1. The van der Waals surface area contributed by atoms with Crippen molar-refractivity contribution >= 4 is 17.3 Å². The molecule has 1 aliphatic carbocycles. The molecule has 1 aromatic heterocycles. The van der Waals surface area contributed by atoms with Crippen molar-refractivity contribution in [3.8, 4) is 0 Å². The van der Waals surface area contributed by atoms with E-state index in [-0.39, 0.29) is 5.76 Å². The largest absolute Gasteiger partial charge is 0.475 e. The SMILES string of the molecule is O=C(O)c1occ2c1NC(C1CCCCC1)CN2. The number of anilines is 2. The number of aromatic carboxylic acids is 1. The van der Waals surface area contributed by atoms with Crippen molar-refractivity contribution in [1.82, 2.24) is 0 Å². The quantitative estimate of drug-likeness (QED) is 0.752. The molecule has 1 aromatic rings. The Kier molecular flexibility index (Phi) is 2.89. The van der Waals surface area contributed by atoms with Gasteiger partial charge >= 0.3 is 5.97 Å². The second kappa shape index (κ2) is 4.55. The van der Waals surface area contributed by atoms with Crippen molar-refractivity contribution in [3.05, 3.63) is 12.0 Å². The average Bonchev–Trinajstić information content (AvgIpc) is 2.82. The molecule has 2 aliphatic rings. The van der Waals surface area contributed by atoms with E-state index in [0.29, 0.717) is 17.6 Å². The molecule has 18 heavy (non-hydrogen) atoms. The van der Waals surface area contributed by atoms with Crippen molar-refractivity contribution in [2.75, 3.05) is 17.2 Å². The van der Waals surface area contributed by atoms with Gasteiger partial charge in [-0.05, 0) is 18.8 Å². The summed E-state index contributed by atoms with van der Waals surface area (Å²) < 4.78 is 5.09. The van der Waals surface area contributed by atoms with Crippen molar-refractivity contribution in [2.45, 2.75) is 38.1 Å². The summed E-state index contributed by atoms with van der Waals surface area (Å²) in [4.78, 5) is 11.1. The maximum Gasteiger partial charge on any atom is 0.374 e. The molecule has 0 spiro atoms. The Bertz CT molecular complexity index is 449. The first-order valence-electron chi connectivity index (χ1n) is 6.61. The van der Waals surface area contributed by atoms with Gasteiger partial charge in [0.1, 0.15) is 12.0 Å². The van der Waals surface area contributed by atoms with Crippen LogP contribution in [0.3, 0.4) is 0 Å². The van der Waals surface area contributed by atoms with E-state index in [1.165, 1.54) is 38.4 Å². The summed E-state index contributed by atoms with van der Waals surface area (Å²) in [6.07, 6.45) is 7.83. The summed E-state index contributed by atoms with van der Waals surface area (Å²) in [6.45, 7) is 0.844. The van der Waals surface area contributed by atoms with Crippen LogP contribution < -0.4 is 10.6 Å². The number of carboxylic acids is 1. The van der Waals surface area contributed by atoms with E-state index in [9.17, 15) is 4.79 Å². The van der Waals surface area contributed by atoms with Crippen LogP contribution in [0.4, 0.5) is 11.4 Å². The predicted molar refractivity (Wildman–Crippen MR) is 68.1 cm³/mol. The molecule has 5 heteroatoms. The zero-order chi connectivity index (χ0) is 12.5. The van der Waals surface area contributed by atoms with Crippen LogP contribution in [0, 0.1) is 5.92 Å². The molecule has 0 bridgehead atoms. The molecule has 1 saturated carbocycles. The normalized spacial score (nSPS) is 23.9. The highest BCUT2D eigenvalue weighted by molar-refractivity contribution is 5.95. The summed E-state index contributed by atoms with van der Waals surface area (Å²) in [6, 6.07) is 0.313. The van der Waals surface area contributed by atoms with Crippen LogP contribution in [-0.4, -0.2) is 23.7 Å². The van der Waals surface area contributed by atoms with Crippen molar-refractivity contribution in [2.24, 2.45) is 5.92 Å². The Morgan fingerprint density at radius 1 is 1.33 bits per heavy atom. The third kappa shape index (κ3) is 1.94. The maximum atomic E-state index is 11.1. The first-order chi connectivity index (χ1) is 8.75. The predicted octanol–water partition coefficient (Wildman–Crippen LogP) is 2.76. The zero-order valence-corrected chi connectivity index (χ0v) is 10.2. The van der Waals surface area contributed by atoms with E-state index in [2.05, 4.69) is 10.6 Å². The van der Waals surface area contributed by atoms with Crippen LogP contribution in [0.25, 0.3) is 0 Å². The van der Waals surface area contributed by atoms with E-state index in [0.717, 1.165) is 12.2 Å². The first-order valence-corrected chi connectivity index (χ1v) is 6.61. The molecule has 0 radical (unpaired) electrons. The lowest BCUT2D eigenvalue weighted by Crippen LogP contribution is -2.40. The lowest BCUT2D eigenvalue weighted by molar-refractivity contribution is 0.0663. The van der Waals surface area contributed by atoms with Gasteiger partial charge in [0.25, 0.3) is 0 Å². The van der Waals surface area contributed by atoms with Gasteiger partial charge in [0.05, 0.1) is 5.69 Å². The smallest absolute Gasteiger partial charge is 0.374 e. The minimum atomic E-state index is -1.02. The molecule has 0 aromatic carbocycles. The monoisotopic (exact) mass is 250 g/mol. The van der Waals surface area contributed by atoms with Crippen LogP contribution in [0.15, 0.2) is 10.7 Å². The van der Waals surface area contributed by atoms with Crippen LogP contribution in [-0.2, 0) is 0 Å². The highest BCUT2D eigenvalue weighted by Gasteiger charge is 2.31. The van der Waals surface area contributed by atoms with Gasteiger partial charge in [0, 0.05) is 12.6 Å². The van der Waals surface area contributed by atoms with Crippen molar-refractivity contribution in [3.63, 3.8) is 0 Å². The van der Waals surface area contributed by atoms with Gasteiger partial charge in [0.2, 0.25) is 5.76 Å². The topological polar surface area (TPSA) is 74.5 Å². The first kappa shape index (κ1) is 11.4. The molecule has 0 amide bonds. The second-order valence-electron chi connectivity index (χ2n) is 5.19. The molecule has 3 rings (SSSR count). The van der Waals surface area contributed by atoms with Gasteiger partial charge < -0.3 is 20.2 Å². The van der Waals surface area contributed by atoms with E-state index in [1.807, 2.05) is 0 Å². The van der Waals surface area contributed by atoms with Gasteiger partial charge in [-0.25, -0.2) is 4.79 Å². The molecule has 3 N–H and O–H groups in total. The molecule has 1 atom stereocenters. The lowest BCUT2D eigenvalue weighted by Gasteiger charge is -2.34. The van der Waals surface area contributed by atoms with Crippen LogP contribution in [0.5, 0.6) is 0 Å². The molecule has 1 fully saturated rings. The van der Waals surface area contributed by atoms with Crippen LogP contribution >= 0.6 is 0 Å². The van der Waals surface area contributed by atoms with Gasteiger partial charge in [-0.1, -0.05) is 19.3 Å². The Balaban J connectivity index is 1.78. The number of hydrogen-bond donors (Lipinski definition) is 3. The fourth-order valence-corrected chi connectivity index (χ4v) is 3.07. The third-order valence-electron chi connectivity index (χ3n) is 4.05. The number of nitrogens with one attached hydrogen (secondary N) is 2. The molecular formula is C13H18N2O3. The van der Waals surface area contributed by atoms with Gasteiger partial charge in [-0.15, -0.1) is 0 Å². The molecule has 0 saturated heterocycles. The molecule has 2 heterocycles. The number of fused-ring (bicyclic) bond motifs is 1. The van der Waals surface area contributed by atoms with Crippen molar-refractivity contribution < 1.29 is 14.3 Å². The Hall–Kier alpha value is -1.65. The van der Waals surface area contributed by atoms with Crippen molar-refractivity contribution in [1.29, 1.82) is 0 Å². The summed E-state index contributed by atoms with van der Waals surface area (Å²) in [7, 11) is 0. The van der Waals surface area contributed by atoms with E-state index < -0.39 is 5.97 Å². The molecule has 5 nitrogen and oxygen atoms in total. The number of rotatable bonds is 2. The molecular weight excluding hydrogens is 232 g/mol. The van der Waals surface area contributed by atoms with E-state index in [1.54, 1.807) is 0 Å². The average molecular weight is 250 g/mol. The second-order valence-corrected chi connectivity index (χ2v) is 5.19. The van der Waals surface area contributed by atoms with E-state index >= 15 is 0 Å². The molecule has 1 aliphatic heterocycles. The van der Waals surface area contributed by atoms with Gasteiger partial charge in [-0.3, -0.25) is 0 Å². The summed E-state index contributed by atoms with van der Waals surface area (Å²) in [5, 5.41) is 15.7. The highest BCUT2D eigenvalue weighted by Crippen LogP contribution is 2.36. The zero-order valence-electron chi connectivity index (χ0n) is 10.2. The summed E-state index contributed by atoms with van der Waals surface area (Å²) in [5.74, 6) is -0.371. The Morgan fingerprint density at radius 2 is 2.11 bits per heavy atom. The lowest BCUT2D eigenvalue weighted by atomic mass is 9.83. The number of hydrogen-bond acceptors (Lipinski definition) is 4. The third-order valence-corrected chi connectivity index (χ3v) is 4.05. The van der Waals surface area contributed by atoms with E-state index in [4.69, 9.17) is 9.52 Å². The number of furan rings is 1. The van der Waals surface area contributed by atoms with Gasteiger partial charge in [-0.2, -0.15) is 0 Å². The molecule has 98 valence electrons. The standard InChI is InChI=1S/C13H18N2O3/c16-13(17)12-11-10(7-18-12)14-6-9(15-11)8-4-2-1-3-5-8/h7-9,14-15H,1-6H2,(H,16,17). The fourth-order valence-electron chi connectivity index (χ4n) is 3.07. The molecule has 1 unspecified atom stereocenters. The Morgan fingerprint density at radius 3 is 2.83 bits per heavy atom.